The standard InChI is InChI=1S/C67H52N2/c1-65(2)57-25-13-11-23-53(57)55-41-39-51(43-63(55)65)69(50-37-35-49(36-38-50)68(47-21-9-6-10-22-47)48-33-31-46(32-34-48)45-19-7-5-8-20-45)52-40-42-56-54-24-12-14-26-58(54)67(64(56)44-52)61-29-17-15-27-59(61)66(3,4)60-28-16-18-30-62(60)67/h5-44H,1-4H3. The molecule has 0 aliphatic heterocycles. The first-order valence-corrected chi connectivity index (χ1v) is 24.3. The lowest BCUT2D eigenvalue weighted by Crippen LogP contribution is -2.40. The highest BCUT2D eigenvalue weighted by molar-refractivity contribution is 5.92. The maximum absolute atomic E-state index is 2.52. The van der Waals surface area contributed by atoms with E-state index >= 15 is 0 Å². The van der Waals surface area contributed by atoms with Crippen LogP contribution in [0, 0.1) is 0 Å². The molecule has 0 heterocycles. The minimum absolute atomic E-state index is 0.157. The Morgan fingerprint density at radius 3 is 1.13 bits per heavy atom. The maximum Gasteiger partial charge on any atom is 0.0720 e. The van der Waals surface area contributed by atoms with Crippen LogP contribution in [0.25, 0.3) is 33.4 Å². The van der Waals surface area contributed by atoms with Gasteiger partial charge in [0.2, 0.25) is 0 Å². The highest BCUT2D eigenvalue weighted by atomic mass is 15.2. The van der Waals surface area contributed by atoms with Crippen LogP contribution in [-0.4, -0.2) is 0 Å². The van der Waals surface area contributed by atoms with Gasteiger partial charge in [-0.2, -0.15) is 0 Å². The van der Waals surface area contributed by atoms with Gasteiger partial charge in [-0.1, -0.05) is 198 Å². The molecule has 3 aliphatic carbocycles. The van der Waals surface area contributed by atoms with E-state index < -0.39 is 5.41 Å². The van der Waals surface area contributed by atoms with Crippen LogP contribution in [0.4, 0.5) is 34.1 Å². The molecule has 3 aliphatic rings. The van der Waals surface area contributed by atoms with Gasteiger partial charge in [0.15, 0.2) is 0 Å². The number of hydrogen-bond donors (Lipinski definition) is 0. The summed E-state index contributed by atoms with van der Waals surface area (Å²) < 4.78 is 0. The number of anilines is 6. The second-order valence-corrected chi connectivity index (χ2v) is 20.1. The summed E-state index contributed by atoms with van der Waals surface area (Å²) in [6, 6.07) is 90.4. The van der Waals surface area contributed by atoms with Crippen molar-refractivity contribution in [1.82, 2.24) is 0 Å². The van der Waals surface area contributed by atoms with E-state index in [1.54, 1.807) is 0 Å². The number of benzene rings is 10. The van der Waals surface area contributed by atoms with Crippen LogP contribution in [0.1, 0.15) is 72.2 Å². The van der Waals surface area contributed by atoms with Gasteiger partial charge in [0.1, 0.15) is 0 Å². The summed E-state index contributed by atoms with van der Waals surface area (Å²) >= 11 is 0. The van der Waals surface area contributed by atoms with Crippen molar-refractivity contribution >= 4 is 34.1 Å². The van der Waals surface area contributed by atoms with Crippen LogP contribution in [-0.2, 0) is 16.2 Å². The van der Waals surface area contributed by atoms with Gasteiger partial charge >= 0.3 is 0 Å². The Labute approximate surface area is 406 Å². The zero-order chi connectivity index (χ0) is 46.5. The molecule has 10 aromatic carbocycles. The Kier molecular flexibility index (Phi) is 9.17. The molecule has 0 N–H and O–H groups in total. The maximum atomic E-state index is 2.52. The molecular formula is C67H52N2. The first-order valence-electron chi connectivity index (χ1n) is 24.3. The van der Waals surface area contributed by atoms with Crippen LogP contribution in [0.15, 0.2) is 243 Å². The molecule has 330 valence electrons. The Balaban J connectivity index is 1.01. The lowest BCUT2D eigenvalue weighted by Gasteiger charge is -2.46. The quantitative estimate of drug-likeness (QED) is 0.157. The van der Waals surface area contributed by atoms with E-state index in [1.807, 2.05) is 0 Å². The Morgan fingerprint density at radius 1 is 0.232 bits per heavy atom. The Morgan fingerprint density at radius 2 is 0.565 bits per heavy atom. The van der Waals surface area contributed by atoms with E-state index in [2.05, 4.69) is 280 Å². The molecule has 2 heteroatoms. The van der Waals surface area contributed by atoms with Crippen LogP contribution in [0.3, 0.4) is 0 Å². The third-order valence-electron chi connectivity index (χ3n) is 15.7. The predicted octanol–water partition coefficient (Wildman–Crippen LogP) is 17.6. The summed E-state index contributed by atoms with van der Waals surface area (Å²) in [5.74, 6) is 0. The molecule has 0 saturated heterocycles. The van der Waals surface area contributed by atoms with Crippen LogP contribution in [0.2, 0.25) is 0 Å². The van der Waals surface area contributed by atoms with E-state index in [1.165, 1.54) is 77.9 Å². The highest BCUT2D eigenvalue weighted by Gasteiger charge is 2.53. The number of nitrogens with zero attached hydrogens (tertiary/aromatic N) is 2. The van der Waals surface area contributed by atoms with Crippen molar-refractivity contribution in [3.8, 4) is 33.4 Å². The first kappa shape index (κ1) is 41.0. The van der Waals surface area contributed by atoms with Gasteiger partial charge in [-0.15, -0.1) is 0 Å². The minimum atomic E-state index is -0.506. The van der Waals surface area contributed by atoms with Crippen molar-refractivity contribution in [3.63, 3.8) is 0 Å². The highest BCUT2D eigenvalue weighted by Crippen LogP contribution is 2.63. The molecule has 0 saturated carbocycles. The molecule has 0 fully saturated rings. The SMILES string of the molecule is CC1(C)c2ccccc2-c2ccc(N(c3ccc(N(c4ccccc4)c4ccc(-c5ccccc5)cc4)cc3)c3ccc4c(c3)C3(c5ccccc5-4)c4ccccc4C(C)(C)c4ccccc43)cc21. The van der Waals surface area contributed by atoms with E-state index in [9.17, 15) is 0 Å². The van der Waals surface area contributed by atoms with Crippen molar-refractivity contribution in [2.45, 2.75) is 43.9 Å². The molecule has 0 radical (unpaired) electrons. The fraction of sp³-hybridized carbons (Fsp3) is 0.104. The van der Waals surface area contributed by atoms with Crippen LogP contribution >= 0.6 is 0 Å². The molecule has 13 rings (SSSR count). The third-order valence-corrected chi connectivity index (χ3v) is 15.7. The lowest BCUT2D eigenvalue weighted by molar-refractivity contribution is 0.563. The minimum Gasteiger partial charge on any atom is -0.311 e. The van der Waals surface area contributed by atoms with Gasteiger partial charge < -0.3 is 9.80 Å². The van der Waals surface area contributed by atoms with Crippen molar-refractivity contribution < 1.29 is 0 Å². The molecule has 0 aromatic heterocycles. The molecule has 0 bridgehead atoms. The number of fused-ring (bicyclic) bond motifs is 12. The van der Waals surface area contributed by atoms with Crippen molar-refractivity contribution in [3.05, 3.63) is 287 Å². The average molecular weight is 885 g/mol. The molecule has 0 atom stereocenters. The van der Waals surface area contributed by atoms with Crippen LogP contribution < -0.4 is 9.80 Å². The molecule has 69 heavy (non-hydrogen) atoms. The fourth-order valence-electron chi connectivity index (χ4n) is 12.5. The third kappa shape index (κ3) is 6.04. The molecular weight excluding hydrogens is 833 g/mol. The smallest absolute Gasteiger partial charge is 0.0720 e. The Hall–Kier alpha value is -8.20. The van der Waals surface area contributed by atoms with E-state index in [0.717, 1.165) is 34.1 Å². The average Bonchev–Trinajstić information content (AvgIpc) is 3.82. The van der Waals surface area contributed by atoms with Crippen LogP contribution in [0.5, 0.6) is 0 Å². The fourth-order valence-corrected chi connectivity index (χ4v) is 12.5. The second-order valence-electron chi connectivity index (χ2n) is 20.1. The monoisotopic (exact) mass is 884 g/mol. The van der Waals surface area contributed by atoms with Gasteiger partial charge in [-0.05, 0) is 151 Å². The van der Waals surface area contributed by atoms with Gasteiger partial charge in [0, 0.05) is 45.0 Å². The first-order chi connectivity index (χ1) is 33.7. The molecule has 0 unspecified atom stereocenters. The summed E-state index contributed by atoms with van der Waals surface area (Å²) in [6.07, 6.45) is 0. The summed E-state index contributed by atoms with van der Waals surface area (Å²) in [6.45, 7) is 9.54. The van der Waals surface area contributed by atoms with Gasteiger partial charge in [-0.3, -0.25) is 0 Å². The number of para-hydroxylation sites is 1. The molecule has 10 aromatic rings. The van der Waals surface area contributed by atoms with Crippen molar-refractivity contribution in [1.29, 1.82) is 0 Å². The molecule has 2 nitrogen and oxygen atoms in total. The summed E-state index contributed by atoms with van der Waals surface area (Å²) in [7, 11) is 0. The molecule has 1 spiro atoms. The second kappa shape index (κ2) is 15.4. The predicted molar refractivity (Wildman–Crippen MR) is 288 cm³/mol. The zero-order valence-corrected chi connectivity index (χ0v) is 39.5. The summed E-state index contributed by atoms with van der Waals surface area (Å²) in [5.41, 5.74) is 24.3. The van der Waals surface area contributed by atoms with E-state index in [0.29, 0.717) is 0 Å². The van der Waals surface area contributed by atoms with Gasteiger partial charge in [-0.25, -0.2) is 0 Å². The van der Waals surface area contributed by atoms with Crippen molar-refractivity contribution in [2.24, 2.45) is 0 Å². The topological polar surface area (TPSA) is 6.48 Å². The van der Waals surface area contributed by atoms with Crippen molar-refractivity contribution in [2.75, 3.05) is 9.80 Å². The number of rotatable bonds is 7. The molecule has 0 amide bonds. The Bertz CT molecular complexity index is 3550. The van der Waals surface area contributed by atoms with E-state index in [4.69, 9.17) is 0 Å². The summed E-state index contributed by atoms with van der Waals surface area (Å²) in [5, 5.41) is 0. The summed E-state index contributed by atoms with van der Waals surface area (Å²) in [4.78, 5) is 4.85. The largest absolute Gasteiger partial charge is 0.311 e. The zero-order valence-electron chi connectivity index (χ0n) is 39.5. The van der Waals surface area contributed by atoms with Gasteiger partial charge in [0.05, 0.1) is 5.41 Å². The van der Waals surface area contributed by atoms with E-state index in [-0.39, 0.29) is 10.8 Å². The normalized spacial score (nSPS) is 14.7. The number of hydrogen-bond acceptors (Lipinski definition) is 2. The lowest BCUT2D eigenvalue weighted by atomic mass is 9.55. The van der Waals surface area contributed by atoms with Gasteiger partial charge in [0.25, 0.3) is 0 Å².